The van der Waals surface area contributed by atoms with Crippen molar-refractivity contribution >= 4 is 30.6 Å². The SMILES string of the molecule is CC(NC[C@H](O)CP(=O)(O)Cc1ccccc1)C(O)c1ccc(Cl)c(Cl)c1. The molecule has 0 aliphatic rings. The molecule has 0 heterocycles. The van der Waals surface area contributed by atoms with Crippen LogP contribution in [0.25, 0.3) is 0 Å². The third-order valence-electron chi connectivity index (χ3n) is 4.20. The number of benzene rings is 2. The molecule has 0 amide bonds. The molecule has 5 nitrogen and oxygen atoms in total. The Morgan fingerprint density at radius 1 is 1.07 bits per heavy atom. The molecule has 4 atom stereocenters. The third-order valence-corrected chi connectivity index (χ3v) is 6.79. The molecule has 0 aliphatic carbocycles. The van der Waals surface area contributed by atoms with Crippen molar-refractivity contribution in [3.8, 4) is 0 Å². The van der Waals surface area contributed by atoms with Crippen molar-refractivity contribution in [2.75, 3.05) is 12.7 Å². The Kier molecular flexibility index (Phi) is 8.32. The molecule has 0 saturated heterocycles. The molecule has 0 bridgehead atoms. The average molecular weight is 432 g/mol. The highest BCUT2D eigenvalue weighted by atomic mass is 35.5. The fraction of sp³-hybridized carbons (Fsp3) is 0.368. The van der Waals surface area contributed by atoms with Crippen LogP contribution in [0.1, 0.15) is 24.2 Å². The number of nitrogens with one attached hydrogen (secondary N) is 1. The topological polar surface area (TPSA) is 89.8 Å². The summed E-state index contributed by atoms with van der Waals surface area (Å²) in [5, 5.41) is 24.3. The molecule has 0 aliphatic heterocycles. The van der Waals surface area contributed by atoms with Gasteiger partial charge in [-0.3, -0.25) is 4.57 Å². The van der Waals surface area contributed by atoms with Gasteiger partial charge in [-0.25, -0.2) is 0 Å². The number of hydrogen-bond acceptors (Lipinski definition) is 4. The largest absolute Gasteiger partial charge is 0.391 e. The maximum atomic E-state index is 12.4. The molecule has 0 radical (unpaired) electrons. The van der Waals surface area contributed by atoms with E-state index in [0.29, 0.717) is 15.6 Å². The van der Waals surface area contributed by atoms with Crippen LogP contribution in [0, 0.1) is 0 Å². The first kappa shape index (κ1) is 22.4. The molecule has 2 rings (SSSR count). The Labute approximate surface area is 169 Å². The van der Waals surface area contributed by atoms with Gasteiger partial charge in [0.05, 0.1) is 28.4 Å². The van der Waals surface area contributed by atoms with Crippen LogP contribution in [0.4, 0.5) is 0 Å². The first-order valence-corrected chi connectivity index (χ1v) is 11.4. The van der Waals surface area contributed by atoms with E-state index in [4.69, 9.17) is 23.2 Å². The molecule has 3 unspecified atom stereocenters. The predicted octanol–water partition coefficient (Wildman–Crippen LogP) is 3.84. The van der Waals surface area contributed by atoms with E-state index in [1.165, 1.54) is 0 Å². The van der Waals surface area contributed by atoms with Crippen molar-refractivity contribution in [1.29, 1.82) is 0 Å². The van der Waals surface area contributed by atoms with Crippen LogP contribution >= 0.6 is 30.6 Å². The molecule has 8 heteroatoms. The van der Waals surface area contributed by atoms with Crippen LogP contribution < -0.4 is 5.32 Å². The minimum Gasteiger partial charge on any atom is -0.391 e. The Balaban J connectivity index is 1.85. The van der Waals surface area contributed by atoms with Gasteiger partial charge in [-0.15, -0.1) is 0 Å². The lowest BCUT2D eigenvalue weighted by atomic mass is 10.0. The van der Waals surface area contributed by atoms with Crippen LogP contribution in [0.2, 0.25) is 10.0 Å². The number of hydrogen-bond donors (Lipinski definition) is 4. The molecule has 0 spiro atoms. The van der Waals surface area contributed by atoms with E-state index in [0.717, 1.165) is 5.56 Å². The van der Waals surface area contributed by atoms with Gasteiger partial charge in [0.15, 0.2) is 0 Å². The molecule has 27 heavy (non-hydrogen) atoms. The van der Waals surface area contributed by atoms with Gasteiger partial charge in [-0.2, -0.15) is 0 Å². The van der Waals surface area contributed by atoms with Crippen molar-refractivity contribution in [3.63, 3.8) is 0 Å². The van der Waals surface area contributed by atoms with E-state index < -0.39 is 25.6 Å². The van der Waals surface area contributed by atoms with Crippen LogP contribution in [0.15, 0.2) is 48.5 Å². The van der Waals surface area contributed by atoms with Gasteiger partial charge in [0.1, 0.15) is 0 Å². The fourth-order valence-corrected chi connectivity index (χ4v) is 4.75. The van der Waals surface area contributed by atoms with Crippen LogP contribution in [-0.2, 0) is 10.7 Å². The van der Waals surface area contributed by atoms with E-state index >= 15 is 0 Å². The molecule has 4 N–H and O–H groups in total. The number of rotatable bonds is 9. The molecular weight excluding hydrogens is 408 g/mol. The average Bonchev–Trinajstić information content (AvgIpc) is 2.61. The first-order chi connectivity index (χ1) is 12.7. The Hall–Kier alpha value is -0.910. The quantitative estimate of drug-likeness (QED) is 0.453. The molecule has 148 valence electrons. The second kappa shape index (κ2) is 10.0. The van der Waals surface area contributed by atoms with Crippen LogP contribution in [0.5, 0.6) is 0 Å². The summed E-state index contributed by atoms with van der Waals surface area (Å²) in [4.78, 5) is 10.1. The second-order valence-corrected chi connectivity index (χ2v) is 9.83. The molecular formula is C19H24Cl2NO4P. The fourth-order valence-electron chi connectivity index (χ4n) is 2.75. The van der Waals surface area contributed by atoms with Crippen LogP contribution in [-0.4, -0.2) is 40.0 Å². The maximum absolute atomic E-state index is 12.4. The van der Waals surface area contributed by atoms with Gasteiger partial charge in [-0.05, 0) is 30.2 Å². The van der Waals surface area contributed by atoms with Gasteiger partial charge in [0, 0.05) is 18.7 Å². The summed E-state index contributed by atoms with van der Waals surface area (Å²) in [5.41, 5.74) is 1.35. The standard InChI is InChI=1S/C19H24Cl2NO4P/c1-13(19(24)15-7-8-17(20)18(21)9-15)22-10-16(23)12-27(25,26)11-14-5-3-2-4-6-14/h2-9,13,16,19,22-24H,10-12H2,1H3,(H,25,26)/t13?,16-,19?/m0/s1. The minimum absolute atomic E-state index is 0.0202. The van der Waals surface area contributed by atoms with E-state index in [9.17, 15) is 19.7 Å². The second-order valence-electron chi connectivity index (χ2n) is 6.64. The summed E-state index contributed by atoms with van der Waals surface area (Å²) >= 11 is 11.8. The molecule has 2 aromatic rings. The number of aliphatic hydroxyl groups excluding tert-OH is 2. The molecule has 0 fully saturated rings. The highest BCUT2D eigenvalue weighted by Crippen LogP contribution is 2.44. The van der Waals surface area contributed by atoms with Crippen LogP contribution in [0.3, 0.4) is 0 Å². The summed E-state index contributed by atoms with van der Waals surface area (Å²) in [6.45, 7) is 1.83. The minimum atomic E-state index is -3.51. The Bertz CT molecular complexity index is 791. The smallest absolute Gasteiger partial charge is 0.207 e. The van der Waals surface area contributed by atoms with Crippen molar-refractivity contribution in [1.82, 2.24) is 5.32 Å². The zero-order valence-electron chi connectivity index (χ0n) is 14.9. The van der Waals surface area contributed by atoms with Crippen molar-refractivity contribution in [2.24, 2.45) is 0 Å². The van der Waals surface area contributed by atoms with Crippen molar-refractivity contribution in [2.45, 2.75) is 31.3 Å². The van der Waals surface area contributed by atoms with Gasteiger partial charge in [0.25, 0.3) is 0 Å². The zero-order chi connectivity index (χ0) is 20.0. The molecule has 0 aromatic heterocycles. The third kappa shape index (κ3) is 7.20. The van der Waals surface area contributed by atoms with E-state index in [1.807, 2.05) is 6.07 Å². The predicted molar refractivity (Wildman–Crippen MR) is 110 cm³/mol. The van der Waals surface area contributed by atoms with Crippen molar-refractivity contribution in [3.05, 3.63) is 69.7 Å². The van der Waals surface area contributed by atoms with Gasteiger partial charge >= 0.3 is 0 Å². The van der Waals surface area contributed by atoms with Crippen molar-refractivity contribution < 1.29 is 19.7 Å². The van der Waals surface area contributed by atoms with Gasteiger partial charge < -0.3 is 20.4 Å². The lowest BCUT2D eigenvalue weighted by Gasteiger charge is -2.23. The zero-order valence-corrected chi connectivity index (χ0v) is 17.3. The van der Waals surface area contributed by atoms with E-state index in [-0.39, 0.29) is 18.9 Å². The highest BCUT2D eigenvalue weighted by Gasteiger charge is 2.25. The Morgan fingerprint density at radius 3 is 2.37 bits per heavy atom. The lowest BCUT2D eigenvalue weighted by Crippen LogP contribution is -2.38. The summed E-state index contributed by atoms with van der Waals surface area (Å²) in [5.74, 6) is 0. The van der Waals surface area contributed by atoms with E-state index in [2.05, 4.69) is 5.32 Å². The summed E-state index contributed by atoms with van der Waals surface area (Å²) in [6.07, 6.45) is -2.07. The Morgan fingerprint density at radius 2 is 1.74 bits per heavy atom. The molecule has 0 saturated carbocycles. The van der Waals surface area contributed by atoms with E-state index in [1.54, 1.807) is 49.4 Å². The number of aliphatic hydroxyl groups is 2. The first-order valence-electron chi connectivity index (χ1n) is 8.57. The van der Waals surface area contributed by atoms with Gasteiger partial charge in [-0.1, -0.05) is 59.6 Å². The summed E-state index contributed by atoms with van der Waals surface area (Å²) in [6, 6.07) is 13.5. The monoisotopic (exact) mass is 431 g/mol. The highest BCUT2D eigenvalue weighted by molar-refractivity contribution is 7.57. The lowest BCUT2D eigenvalue weighted by molar-refractivity contribution is 0.121. The summed E-state index contributed by atoms with van der Waals surface area (Å²) < 4.78 is 12.4. The number of halogens is 2. The molecule has 2 aromatic carbocycles. The normalized spacial score (nSPS) is 17.1. The summed E-state index contributed by atoms with van der Waals surface area (Å²) in [7, 11) is -3.51. The van der Waals surface area contributed by atoms with Gasteiger partial charge in [0.2, 0.25) is 7.37 Å². The maximum Gasteiger partial charge on any atom is 0.207 e.